The molecule has 0 spiro atoms. The van der Waals surface area contributed by atoms with E-state index in [1.807, 2.05) is 23.1 Å². The molecule has 0 aliphatic heterocycles. The van der Waals surface area contributed by atoms with Gasteiger partial charge in [-0.3, -0.25) is 19.1 Å². The lowest BCUT2D eigenvalue weighted by Crippen LogP contribution is -2.31. The third kappa shape index (κ3) is 4.23. The number of rotatable bonds is 5. The zero-order valence-corrected chi connectivity index (χ0v) is 17.2. The summed E-state index contributed by atoms with van der Waals surface area (Å²) in [7, 11) is 0. The van der Waals surface area contributed by atoms with E-state index >= 15 is 0 Å². The van der Waals surface area contributed by atoms with Crippen molar-refractivity contribution in [2.24, 2.45) is 4.99 Å². The number of amides is 1. The van der Waals surface area contributed by atoms with Gasteiger partial charge >= 0.3 is 5.69 Å². The van der Waals surface area contributed by atoms with Crippen LogP contribution >= 0.6 is 11.3 Å². The van der Waals surface area contributed by atoms with Gasteiger partial charge in [-0.25, -0.2) is 4.79 Å². The van der Waals surface area contributed by atoms with Crippen LogP contribution in [0.1, 0.15) is 17.5 Å². The van der Waals surface area contributed by atoms with Gasteiger partial charge in [0.2, 0.25) is 5.91 Å². The second kappa shape index (κ2) is 8.46. The maximum absolute atomic E-state index is 12.5. The Hall–Kier alpha value is -3.52. The van der Waals surface area contributed by atoms with E-state index in [9.17, 15) is 14.4 Å². The maximum atomic E-state index is 12.5. The number of fused-ring (bicyclic) bond motifs is 1. The molecule has 4 aromatic rings. The first-order valence-electron chi connectivity index (χ1n) is 9.50. The molecule has 0 fully saturated rings. The minimum absolute atomic E-state index is 0.0539. The molecule has 0 saturated carbocycles. The summed E-state index contributed by atoms with van der Waals surface area (Å²) < 4.78 is 3.33. The smallest absolute Gasteiger partial charge is 0.319 e. The number of aryl methyl sites for hydroxylation is 2. The fourth-order valence-electron chi connectivity index (χ4n) is 3.23. The molecule has 2 heterocycles. The van der Waals surface area contributed by atoms with Crippen molar-refractivity contribution in [3.63, 3.8) is 0 Å². The van der Waals surface area contributed by atoms with Crippen molar-refractivity contribution in [3.05, 3.63) is 96.9 Å². The predicted molar refractivity (Wildman–Crippen MR) is 117 cm³/mol. The largest absolute Gasteiger partial charge is 0.328 e. The number of aromatic nitrogens is 3. The first-order valence-corrected chi connectivity index (χ1v) is 10.4. The number of benzene rings is 2. The van der Waals surface area contributed by atoms with Gasteiger partial charge in [0.1, 0.15) is 0 Å². The molecule has 30 heavy (non-hydrogen) atoms. The number of para-hydroxylation sites is 1. The molecule has 8 heteroatoms. The van der Waals surface area contributed by atoms with E-state index in [4.69, 9.17) is 0 Å². The molecule has 0 radical (unpaired) electrons. The summed E-state index contributed by atoms with van der Waals surface area (Å²) in [5, 5.41) is 2.30. The number of carbonyl (C=O) groups excluding carboxylic acids is 1. The van der Waals surface area contributed by atoms with Crippen molar-refractivity contribution in [1.82, 2.24) is 14.1 Å². The van der Waals surface area contributed by atoms with Crippen molar-refractivity contribution in [2.75, 3.05) is 0 Å². The molecule has 0 aliphatic carbocycles. The van der Waals surface area contributed by atoms with Crippen LogP contribution in [0.5, 0.6) is 0 Å². The Bertz CT molecular complexity index is 1390. The van der Waals surface area contributed by atoms with Crippen LogP contribution in [0.3, 0.4) is 0 Å². The maximum Gasteiger partial charge on any atom is 0.328 e. The van der Waals surface area contributed by atoms with Crippen LogP contribution < -0.4 is 16.1 Å². The zero-order chi connectivity index (χ0) is 21.1. The lowest BCUT2D eigenvalue weighted by Gasteiger charge is -2.08. The minimum Gasteiger partial charge on any atom is -0.319 e. The van der Waals surface area contributed by atoms with Crippen LogP contribution in [0.2, 0.25) is 0 Å². The Morgan fingerprint density at radius 1 is 1.10 bits per heavy atom. The van der Waals surface area contributed by atoms with E-state index in [1.54, 1.807) is 24.3 Å². The lowest BCUT2D eigenvalue weighted by molar-refractivity contribution is -0.118. The fraction of sp³-hybridized carbons (Fsp3) is 0.182. The number of aromatic amines is 1. The Labute approximate surface area is 175 Å². The number of H-pyrrole nitrogens is 1. The van der Waals surface area contributed by atoms with Gasteiger partial charge in [-0.1, -0.05) is 42.0 Å². The van der Waals surface area contributed by atoms with E-state index in [1.165, 1.54) is 21.5 Å². The highest BCUT2D eigenvalue weighted by Gasteiger charge is 2.09. The van der Waals surface area contributed by atoms with E-state index < -0.39 is 11.2 Å². The molecular weight excluding hydrogens is 400 g/mol. The summed E-state index contributed by atoms with van der Waals surface area (Å²) in [5.41, 5.74) is 1.86. The van der Waals surface area contributed by atoms with Crippen LogP contribution in [0, 0.1) is 6.92 Å². The summed E-state index contributed by atoms with van der Waals surface area (Å²) in [4.78, 5) is 43.8. The van der Waals surface area contributed by atoms with Gasteiger partial charge in [-0.2, -0.15) is 4.99 Å². The van der Waals surface area contributed by atoms with Gasteiger partial charge < -0.3 is 4.57 Å². The van der Waals surface area contributed by atoms with Crippen LogP contribution in [0.15, 0.2) is 74.7 Å². The molecule has 0 unspecified atom stereocenters. The highest BCUT2D eigenvalue weighted by atomic mass is 32.1. The van der Waals surface area contributed by atoms with Crippen LogP contribution in [-0.4, -0.2) is 20.0 Å². The molecule has 2 aromatic carbocycles. The predicted octanol–water partition coefficient (Wildman–Crippen LogP) is 2.43. The molecule has 4 rings (SSSR count). The summed E-state index contributed by atoms with van der Waals surface area (Å²) in [6.45, 7) is 2.81. The normalized spacial score (nSPS) is 11.8. The molecule has 7 nitrogen and oxygen atoms in total. The summed E-state index contributed by atoms with van der Waals surface area (Å²) >= 11 is 1.39. The average Bonchev–Trinajstić information content (AvgIpc) is 3.16. The summed E-state index contributed by atoms with van der Waals surface area (Å²) in [6.07, 6.45) is 1.95. The third-order valence-corrected chi connectivity index (χ3v) is 5.60. The lowest BCUT2D eigenvalue weighted by atomic mass is 10.1. The second-order valence-electron chi connectivity index (χ2n) is 6.98. The van der Waals surface area contributed by atoms with E-state index in [0.29, 0.717) is 22.2 Å². The summed E-state index contributed by atoms with van der Waals surface area (Å²) in [5.74, 6) is -0.322. The Morgan fingerprint density at radius 2 is 1.87 bits per heavy atom. The third-order valence-electron chi connectivity index (χ3n) is 4.81. The van der Waals surface area contributed by atoms with Gasteiger partial charge in [0.05, 0.1) is 10.9 Å². The van der Waals surface area contributed by atoms with Crippen molar-refractivity contribution in [1.29, 1.82) is 0 Å². The molecule has 0 bridgehead atoms. The van der Waals surface area contributed by atoms with Gasteiger partial charge in [0.15, 0.2) is 4.80 Å². The van der Waals surface area contributed by atoms with Crippen molar-refractivity contribution >= 4 is 28.1 Å². The SMILES string of the molecule is Cc1ccc(Cn2ccsc2=NC(=O)CCn2c(=O)[nH]c(=O)c3ccccc32)cc1. The molecule has 152 valence electrons. The van der Waals surface area contributed by atoms with Gasteiger partial charge in [0.25, 0.3) is 5.56 Å². The highest BCUT2D eigenvalue weighted by Crippen LogP contribution is 2.08. The minimum atomic E-state index is -0.531. The topological polar surface area (TPSA) is 89.2 Å². The Balaban J connectivity index is 1.54. The van der Waals surface area contributed by atoms with Gasteiger partial charge in [-0.05, 0) is 24.6 Å². The number of thiazole rings is 1. The molecule has 0 aliphatic rings. The second-order valence-corrected chi connectivity index (χ2v) is 7.86. The van der Waals surface area contributed by atoms with Gasteiger partial charge in [-0.15, -0.1) is 11.3 Å². The Morgan fingerprint density at radius 3 is 2.67 bits per heavy atom. The molecule has 0 saturated heterocycles. The van der Waals surface area contributed by atoms with E-state index in [0.717, 1.165) is 5.56 Å². The Kier molecular flexibility index (Phi) is 5.58. The molecular formula is C22H20N4O3S. The molecule has 1 N–H and O–H groups in total. The zero-order valence-electron chi connectivity index (χ0n) is 16.4. The van der Waals surface area contributed by atoms with Crippen molar-refractivity contribution in [3.8, 4) is 0 Å². The number of nitrogens with one attached hydrogen (secondary N) is 1. The van der Waals surface area contributed by atoms with E-state index in [-0.39, 0.29) is 18.9 Å². The number of hydrogen-bond acceptors (Lipinski definition) is 4. The highest BCUT2D eigenvalue weighted by molar-refractivity contribution is 7.07. The van der Waals surface area contributed by atoms with Crippen LogP contribution in [0.4, 0.5) is 0 Å². The van der Waals surface area contributed by atoms with Crippen molar-refractivity contribution < 1.29 is 4.79 Å². The number of carbonyl (C=O) groups is 1. The molecule has 2 aromatic heterocycles. The van der Waals surface area contributed by atoms with Crippen LogP contribution in [0.25, 0.3) is 10.9 Å². The molecule has 1 amide bonds. The quantitative estimate of drug-likeness (QED) is 0.538. The van der Waals surface area contributed by atoms with Gasteiger partial charge in [0, 0.05) is 31.1 Å². The monoisotopic (exact) mass is 420 g/mol. The number of nitrogens with zero attached hydrogens (tertiary/aromatic N) is 3. The number of hydrogen-bond donors (Lipinski definition) is 1. The van der Waals surface area contributed by atoms with E-state index in [2.05, 4.69) is 34.2 Å². The first kappa shape index (κ1) is 19.8. The molecule has 0 atom stereocenters. The summed E-state index contributed by atoms with van der Waals surface area (Å²) in [6, 6.07) is 15.0. The van der Waals surface area contributed by atoms with Crippen molar-refractivity contribution in [2.45, 2.75) is 26.4 Å². The van der Waals surface area contributed by atoms with Crippen LogP contribution in [-0.2, 0) is 17.9 Å². The fourth-order valence-corrected chi connectivity index (χ4v) is 3.98. The standard InChI is InChI=1S/C22H20N4O3S/c1-15-6-8-16(9-7-15)14-25-12-13-30-22(25)23-19(27)10-11-26-18-5-3-2-4-17(18)20(28)24-21(26)29/h2-9,12-13H,10-11,14H2,1H3,(H,24,28,29). The average molecular weight is 420 g/mol. The first-order chi connectivity index (χ1) is 14.5.